The normalized spacial score (nSPS) is 19.2. The molecule has 1 aliphatic heterocycles. The molecular weight excluding hydrogens is 278 g/mol. The number of carbonyl (C=O) groups excluding carboxylic acids is 1. The minimum atomic E-state index is -0.993. The van der Waals surface area contributed by atoms with Gasteiger partial charge in [0.15, 0.2) is 0 Å². The lowest BCUT2D eigenvalue weighted by molar-refractivity contribution is -0.137. The standard InChI is InChI=1S/C12H19N5O4/c1-16-2-3-21-10(7-16)5-13-12(20)15-9-4-14-17(6-9)8-11(18)19/h4,6,10H,2-3,5,7-8H2,1H3,(H,18,19)(H2,13,15,20). The molecule has 1 saturated heterocycles. The van der Waals surface area contributed by atoms with Gasteiger partial charge in [0.2, 0.25) is 0 Å². The second kappa shape index (κ2) is 7.04. The number of hydrogen-bond donors (Lipinski definition) is 3. The maximum Gasteiger partial charge on any atom is 0.325 e. The summed E-state index contributed by atoms with van der Waals surface area (Å²) in [6.07, 6.45) is 2.83. The number of ether oxygens (including phenoxy) is 1. The van der Waals surface area contributed by atoms with E-state index in [0.29, 0.717) is 18.8 Å². The third-order valence-electron chi connectivity index (χ3n) is 3.02. The molecule has 1 unspecified atom stereocenters. The van der Waals surface area contributed by atoms with Gasteiger partial charge >= 0.3 is 12.0 Å². The van der Waals surface area contributed by atoms with Crippen LogP contribution in [0.3, 0.4) is 0 Å². The van der Waals surface area contributed by atoms with Gasteiger partial charge in [0, 0.05) is 25.8 Å². The van der Waals surface area contributed by atoms with Crippen LogP contribution in [0.2, 0.25) is 0 Å². The smallest absolute Gasteiger partial charge is 0.325 e. The third-order valence-corrected chi connectivity index (χ3v) is 3.02. The Morgan fingerprint density at radius 2 is 2.38 bits per heavy atom. The van der Waals surface area contributed by atoms with Crippen LogP contribution in [0.4, 0.5) is 10.5 Å². The maximum absolute atomic E-state index is 11.7. The number of nitrogens with zero attached hydrogens (tertiary/aromatic N) is 3. The highest BCUT2D eigenvalue weighted by Gasteiger charge is 2.18. The fourth-order valence-corrected chi connectivity index (χ4v) is 2.03. The molecule has 116 valence electrons. The first-order valence-corrected chi connectivity index (χ1v) is 6.62. The van der Waals surface area contributed by atoms with Crippen LogP contribution < -0.4 is 10.6 Å². The number of urea groups is 1. The number of aromatic nitrogens is 2. The number of carbonyl (C=O) groups is 2. The highest BCUT2D eigenvalue weighted by molar-refractivity contribution is 5.88. The number of hydrogen-bond acceptors (Lipinski definition) is 5. The van der Waals surface area contributed by atoms with Crippen LogP contribution in [-0.4, -0.2) is 71.2 Å². The summed E-state index contributed by atoms with van der Waals surface area (Å²) in [5.41, 5.74) is 0.440. The molecule has 0 radical (unpaired) electrons. The number of nitrogens with one attached hydrogen (secondary N) is 2. The molecule has 21 heavy (non-hydrogen) atoms. The average Bonchev–Trinajstić information content (AvgIpc) is 2.83. The Balaban J connectivity index is 1.73. The molecule has 0 bridgehead atoms. The number of likely N-dealkylation sites (N-methyl/N-ethyl adjacent to an activating group) is 1. The molecule has 0 aliphatic carbocycles. The quantitative estimate of drug-likeness (QED) is 0.671. The van der Waals surface area contributed by atoms with E-state index in [2.05, 4.69) is 20.6 Å². The Morgan fingerprint density at radius 1 is 1.57 bits per heavy atom. The Bertz CT molecular complexity index is 504. The molecule has 1 aromatic rings. The number of aliphatic carboxylic acids is 1. The number of carboxylic acids is 1. The van der Waals surface area contributed by atoms with Gasteiger partial charge in [-0.25, -0.2) is 4.79 Å². The topological polar surface area (TPSA) is 109 Å². The summed E-state index contributed by atoms with van der Waals surface area (Å²) in [4.78, 5) is 24.4. The summed E-state index contributed by atoms with van der Waals surface area (Å²) in [5, 5.41) is 17.8. The summed E-state index contributed by atoms with van der Waals surface area (Å²) < 4.78 is 6.76. The van der Waals surface area contributed by atoms with Crippen molar-refractivity contribution in [1.82, 2.24) is 20.0 Å². The van der Waals surface area contributed by atoms with Gasteiger partial charge in [-0.3, -0.25) is 9.48 Å². The van der Waals surface area contributed by atoms with E-state index < -0.39 is 5.97 Å². The van der Waals surface area contributed by atoms with Gasteiger partial charge in [0.1, 0.15) is 6.54 Å². The fraction of sp³-hybridized carbons (Fsp3) is 0.583. The van der Waals surface area contributed by atoms with E-state index in [1.807, 2.05) is 7.05 Å². The van der Waals surface area contributed by atoms with Gasteiger partial charge in [-0.05, 0) is 7.05 Å². The van der Waals surface area contributed by atoms with E-state index in [1.54, 1.807) is 0 Å². The second-order valence-corrected chi connectivity index (χ2v) is 4.91. The number of amides is 2. The predicted octanol–water partition coefficient (Wildman–Crippen LogP) is -0.580. The van der Waals surface area contributed by atoms with Crippen molar-refractivity contribution in [3.05, 3.63) is 12.4 Å². The predicted molar refractivity (Wildman–Crippen MR) is 74.1 cm³/mol. The van der Waals surface area contributed by atoms with E-state index in [-0.39, 0.29) is 18.7 Å². The van der Waals surface area contributed by atoms with E-state index in [9.17, 15) is 9.59 Å². The van der Waals surface area contributed by atoms with Crippen LogP contribution in [0, 0.1) is 0 Å². The zero-order valence-corrected chi connectivity index (χ0v) is 11.8. The van der Waals surface area contributed by atoms with Gasteiger partial charge in [0.25, 0.3) is 0 Å². The van der Waals surface area contributed by atoms with Crippen molar-refractivity contribution in [3.63, 3.8) is 0 Å². The number of carboxylic acid groups (broad SMARTS) is 1. The largest absolute Gasteiger partial charge is 0.480 e. The molecule has 1 aliphatic rings. The van der Waals surface area contributed by atoms with Gasteiger partial charge in [-0.15, -0.1) is 0 Å². The fourth-order valence-electron chi connectivity index (χ4n) is 2.03. The zero-order valence-electron chi connectivity index (χ0n) is 11.8. The van der Waals surface area contributed by atoms with Crippen LogP contribution in [-0.2, 0) is 16.1 Å². The minimum absolute atomic E-state index is 0.0239. The van der Waals surface area contributed by atoms with Crippen molar-refractivity contribution in [1.29, 1.82) is 0 Å². The summed E-state index contributed by atoms with van der Waals surface area (Å²) in [6, 6.07) is -0.373. The molecule has 9 nitrogen and oxygen atoms in total. The van der Waals surface area contributed by atoms with Crippen LogP contribution in [0.1, 0.15) is 0 Å². The first-order valence-electron chi connectivity index (χ1n) is 6.62. The van der Waals surface area contributed by atoms with Gasteiger partial charge in [-0.1, -0.05) is 0 Å². The molecule has 0 aromatic carbocycles. The van der Waals surface area contributed by atoms with Gasteiger partial charge in [0.05, 0.1) is 24.6 Å². The van der Waals surface area contributed by atoms with Crippen LogP contribution >= 0.6 is 0 Å². The molecule has 1 fully saturated rings. The Kier molecular flexibility index (Phi) is 5.12. The van der Waals surface area contributed by atoms with E-state index >= 15 is 0 Å². The second-order valence-electron chi connectivity index (χ2n) is 4.91. The molecule has 2 amide bonds. The van der Waals surface area contributed by atoms with Gasteiger partial charge < -0.3 is 25.4 Å². The van der Waals surface area contributed by atoms with Crippen molar-refractivity contribution in [2.45, 2.75) is 12.6 Å². The average molecular weight is 297 g/mol. The van der Waals surface area contributed by atoms with E-state index in [0.717, 1.165) is 13.1 Å². The van der Waals surface area contributed by atoms with Crippen molar-refractivity contribution in [2.75, 3.05) is 38.6 Å². The first-order chi connectivity index (χ1) is 10.0. The van der Waals surface area contributed by atoms with Crippen molar-refractivity contribution in [2.24, 2.45) is 0 Å². The summed E-state index contributed by atoms with van der Waals surface area (Å²) in [5.74, 6) is -0.993. The SMILES string of the molecule is CN1CCOC(CNC(=O)Nc2cnn(CC(=O)O)c2)C1. The molecule has 0 spiro atoms. The van der Waals surface area contributed by atoms with Crippen LogP contribution in [0.15, 0.2) is 12.4 Å². The molecule has 2 rings (SSSR count). The lowest BCUT2D eigenvalue weighted by atomic mass is 10.3. The number of morpholine rings is 1. The molecule has 2 heterocycles. The lowest BCUT2D eigenvalue weighted by Gasteiger charge is -2.30. The third kappa shape index (κ3) is 5.04. The monoisotopic (exact) mass is 297 g/mol. The summed E-state index contributed by atoms with van der Waals surface area (Å²) in [6.45, 7) is 2.50. The minimum Gasteiger partial charge on any atom is -0.480 e. The highest BCUT2D eigenvalue weighted by Crippen LogP contribution is 2.05. The van der Waals surface area contributed by atoms with E-state index in [4.69, 9.17) is 9.84 Å². The maximum atomic E-state index is 11.7. The Hall–Kier alpha value is -2.13. The van der Waals surface area contributed by atoms with Crippen molar-refractivity contribution in [3.8, 4) is 0 Å². The zero-order chi connectivity index (χ0) is 15.2. The van der Waals surface area contributed by atoms with Crippen LogP contribution in [0.5, 0.6) is 0 Å². The molecule has 1 aromatic heterocycles. The molecular formula is C12H19N5O4. The van der Waals surface area contributed by atoms with E-state index in [1.165, 1.54) is 17.1 Å². The summed E-state index contributed by atoms with van der Waals surface area (Å²) in [7, 11) is 2.01. The van der Waals surface area contributed by atoms with Gasteiger partial charge in [-0.2, -0.15) is 5.10 Å². The van der Waals surface area contributed by atoms with Crippen molar-refractivity contribution < 1.29 is 19.4 Å². The summed E-state index contributed by atoms with van der Waals surface area (Å²) >= 11 is 0. The molecule has 0 saturated carbocycles. The van der Waals surface area contributed by atoms with Crippen LogP contribution in [0.25, 0.3) is 0 Å². The first kappa shape index (κ1) is 15.3. The molecule has 3 N–H and O–H groups in total. The lowest BCUT2D eigenvalue weighted by Crippen LogP contribution is -2.46. The molecule has 1 atom stereocenters. The molecule has 9 heteroatoms. The number of anilines is 1. The highest BCUT2D eigenvalue weighted by atomic mass is 16.5. The number of rotatable bonds is 5. The van der Waals surface area contributed by atoms with Crippen molar-refractivity contribution >= 4 is 17.7 Å². The Morgan fingerprint density at radius 3 is 3.10 bits per heavy atom. The Labute approximate surface area is 121 Å².